The van der Waals surface area contributed by atoms with Gasteiger partial charge in [0.2, 0.25) is 0 Å². The molecule has 0 bridgehead atoms. The molecule has 0 unspecified atom stereocenters. The minimum atomic E-state index is -0.919. The van der Waals surface area contributed by atoms with Gasteiger partial charge in [-0.3, -0.25) is 4.79 Å². The first-order chi connectivity index (χ1) is 7.71. The first-order valence-electron chi connectivity index (χ1n) is 5.45. The summed E-state index contributed by atoms with van der Waals surface area (Å²) in [6, 6.07) is 2.86. The summed E-state index contributed by atoms with van der Waals surface area (Å²) < 4.78 is 25.7. The van der Waals surface area contributed by atoms with Crippen molar-refractivity contribution in [3.8, 4) is 0 Å². The molecule has 2 N–H and O–H groups in total. The topological polar surface area (TPSA) is 43.1 Å². The van der Waals surface area contributed by atoms with E-state index in [9.17, 15) is 13.6 Å². The van der Waals surface area contributed by atoms with E-state index in [0.29, 0.717) is 5.56 Å². The summed E-state index contributed by atoms with van der Waals surface area (Å²) in [6.07, 6.45) is 0.216. The van der Waals surface area contributed by atoms with Gasteiger partial charge < -0.3 is 5.73 Å². The molecule has 0 heterocycles. The van der Waals surface area contributed by atoms with Gasteiger partial charge >= 0.3 is 0 Å². The number of halogens is 2. The average Bonchev–Trinajstić information content (AvgIpc) is 2.21. The molecule has 0 aliphatic carbocycles. The minimum Gasteiger partial charge on any atom is -0.321 e. The molecule has 17 heavy (non-hydrogen) atoms. The van der Waals surface area contributed by atoms with E-state index in [1.54, 1.807) is 20.8 Å². The Morgan fingerprint density at radius 2 is 1.88 bits per heavy atom. The first-order valence-corrected chi connectivity index (χ1v) is 5.45. The van der Waals surface area contributed by atoms with Gasteiger partial charge in [0.1, 0.15) is 0 Å². The lowest BCUT2D eigenvalue weighted by Gasteiger charge is -2.21. The predicted octanol–water partition coefficient (Wildman–Crippen LogP) is 2.45. The van der Waals surface area contributed by atoms with E-state index in [2.05, 4.69) is 0 Å². The Morgan fingerprint density at radius 1 is 1.29 bits per heavy atom. The van der Waals surface area contributed by atoms with Crippen LogP contribution in [-0.4, -0.2) is 11.8 Å². The maximum absolute atomic E-state index is 13.0. The Kier molecular flexibility index (Phi) is 3.98. The molecule has 1 aromatic rings. The number of rotatable bonds is 3. The van der Waals surface area contributed by atoms with Gasteiger partial charge in [-0.15, -0.1) is 0 Å². The SMILES string of the molecule is CC(C)(C)C(=O)[C@H](N)Cc1ccc(F)c(F)c1. The molecule has 94 valence electrons. The van der Waals surface area contributed by atoms with Crippen LogP contribution in [0.15, 0.2) is 18.2 Å². The van der Waals surface area contributed by atoms with Crippen molar-refractivity contribution in [2.24, 2.45) is 11.1 Å². The van der Waals surface area contributed by atoms with Gasteiger partial charge in [-0.25, -0.2) is 8.78 Å². The third-order valence-corrected chi connectivity index (χ3v) is 2.52. The summed E-state index contributed by atoms with van der Waals surface area (Å²) in [7, 11) is 0. The summed E-state index contributed by atoms with van der Waals surface area (Å²) >= 11 is 0. The van der Waals surface area contributed by atoms with Crippen LogP contribution >= 0.6 is 0 Å². The van der Waals surface area contributed by atoms with Crippen molar-refractivity contribution >= 4 is 5.78 Å². The molecule has 0 amide bonds. The van der Waals surface area contributed by atoms with Crippen molar-refractivity contribution in [1.29, 1.82) is 0 Å². The molecule has 0 saturated heterocycles. The molecule has 0 spiro atoms. The van der Waals surface area contributed by atoms with Gasteiger partial charge in [-0.05, 0) is 24.1 Å². The van der Waals surface area contributed by atoms with Crippen LogP contribution in [0.4, 0.5) is 8.78 Å². The van der Waals surface area contributed by atoms with E-state index in [-0.39, 0.29) is 12.2 Å². The van der Waals surface area contributed by atoms with Crippen molar-refractivity contribution in [3.05, 3.63) is 35.4 Å². The Bertz CT molecular complexity index is 424. The third-order valence-electron chi connectivity index (χ3n) is 2.52. The molecule has 0 fully saturated rings. The van der Waals surface area contributed by atoms with Crippen LogP contribution in [0.3, 0.4) is 0 Å². The number of hydrogen-bond donors (Lipinski definition) is 1. The van der Waals surface area contributed by atoms with E-state index in [0.717, 1.165) is 12.1 Å². The zero-order chi connectivity index (χ0) is 13.2. The van der Waals surface area contributed by atoms with Crippen LogP contribution in [0.1, 0.15) is 26.3 Å². The summed E-state index contributed by atoms with van der Waals surface area (Å²) in [5, 5.41) is 0. The van der Waals surface area contributed by atoms with E-state index in [4.69, 9.17) is 5.73 Å². The van der Waals surface area contributed by atoms with E-state index in [1.807, 2.05) is 0 Å². The zero-order valence-electron chi connectivity index (χ0n) is 10.3. The Hall–Kier alpha value is -1.29. The Morgan fingerprint density at radius 3 is 2.35 bits per heavy atom. The number of benzene rings is 1. The summed E-state index contributed by atoms with van der Waals surface area (Å²) in [5.41, 5.74) is 5.75. The average molecular weight is 241 g/mol. The summed E-state index contributed by atoms with van der Waals surface area (Å²) in [4.78, 5) is 11.8. The van der Waals surface area contributed by atoms with Gasteiger partial charge in [-0.2, -0.15) is 0 Å². The summed E-state index contributed by atoms with van der Waals surface area (Å²) in [5.74, 6) is -1.91. The normalized spacial score (nSPS) is 13.5. The van der Waals surface area contributed by atoms with Crippen LogP contribution in [0.2, 0.25) is 0 Å². The maximum atomic E-state index is 13.0. The largest absolute Gasteiger partial charge is 0.321 e. The molecule has 0 aromatic heterocycles. The zero-order valence-corrected chi connectivity index (χ0v) is 10.3. The number of nitrogens with two attached hydrogens (primary N) is 1. The number of hydrogen-bond acceptors (Lipinski definition) is 2. The fourth-order valence-corrected chi connectivity index (χ4v) is 1.57. The second kappa shape index (κ2) is 4.92. The highest BCUT2D eigenvalue weighted by Crippen LogP contribution is 2.18. The van der Waals surface area contributed by atoms with E-state index in [1.165, 1.54) is 6.07 Å². The molecular weight excluding hydrogens is 224 g/mol. The quantitative estimate of drug-likeness (QED) is 0.883. The van der Waals surface area contributed by atoms with Crippen molar-refractivity contribution in [2.45, 2.75) is 33.2 Å². The van der Waals surface area contributed by atoms with Crippen LogP contribution in [0, 0.1) is 17.0 Å². The monoisotopic (exact) mass is 241 g/mol. The highest BCUT2D eigenvalue weighted by Gasteiger charge is 2.27. The molecule has 0 aliphatic rings. The lowest BCUT2D eigenvalue weighted by atomic mass is 9.85. The summed E-state index contributed by atoms with van der Waals surface area (Å²) in [6.45, 7) is 5.33. The molecule has 4 heteroatoms. The Balaban J connectivity index is 2.78. The molecule has 1 atom stereocenters. The number of carbonyl (C=O) groups is 1. The van der Waals surface area contributed by atoms with Gasteiger partial charge in [-0.1, -0.05) is 26.8 Å². The fraction of sp³-hybridized carbons (Fsp3) is 0.462. The van der Waals surface area contributed by atoms with E-state index < -0.39 is 23.1 Å². The fourth-order valence-electron chi connectivity index (χ4n) is 1.57. The van der Waals surface area contributed by atoms with Crippen LogP contribution in [-0.2, 0) is 11.2 Å². The number of carbonyl (C=O) groups excluding carboxylic acids is 1. The second-order valence-corrected chi connectivity index (χ2v) is 5.17. The highest BCUT2D eigenvalue weighted by molar-refractivity contribution is 5.88. The lowest BCUT2D eigenvalue weighted by molar-refractivity contribution is -0.127. The molecular formula is C13H17F2NO. The molecule has 1 rings (SSSR count). The number of Topliss-reactive ketones (excluding diaryl/α,β-unsaturated/α-hetero) is 1. The standard InChI is InChI=1S/C13H17F2NO/c1-13(2,3)12(17)11(16)7-8-4-5-9(14)10(15)6-8/h4-6,11H,7,16H2,1-3H3/t11-/m1/s1. The van der Waals surface area contributed by atoms with Gasteiger partial charge in [0.25, 0.3) is 0 Å². The molecule has 0 radical (unpaired) electrons. The number of ketones is 1. The van der Waals surface area contributed by atoms with Crippen molar-refractivity contribution in [2.75, 3.05) is 0 Å². The highest BCUT2D eigenvalue weighted by atomic mass is 19.2. The minimum absolute atomic E-state index is 0.0952. The van der Waals surface area contributed by atoms with Gasteiger partial charge in [0.05, 0.1) is 6.04 Å². The van der Waals surface area contributed by atoms with E-state index >= 15 is 0 Å². The van der Waals surface area contributed by atoms with Crippen molar-refractivity contribution in [3.63, 3.8) is 0 Å². The van der Waals surface area contributed by atoms with Crippen LogP contribution < -0.4 is 5.73 Å². The Labute approximate surface area is 99.8 Å². The first kappa shape index (κ1) is 13.8. The molecule has 2 nitrogen and oxygen atoms in total. The third kappa shape index (κ3) is 3.60. The molecule has 0 aliphatic heterocycles. The van der Waals surface area contributed by atoms with Crippen LogP contribution in [0.5, 0.6) is 0 Å². The van der Waals surface area contributed by atoms with Gasteiger partial charge in [0, 0.05) is 5.41 Å². The van der Waals surface area contributed by atoms with Crippen molar-refractivity contribution in [1.82, 2.24) is 0 Å². The lowest BCUT2D eigenvalue weighted by Crippen LogP contribution is -2.40. The van der Waals surface area contributed by atoms with Gasteiger partial charge in [0.15, 0.2) is 17.4 Å². The second-order valence-electron chi connectivity index (χ2n) is 5.17. The molecule has 0 saturated carbocycles. The molecule has 1 aromatic carbocycles. The smallest absolute Gasteiger partial charge is 0.159 e. The predicted molar refractivity (Wildman–Crippen MR) is 62.5 cm³/mol. The maximum Gasteiger partial charge on any atom is 0.159 e. The van der Waals surface area contributed by atoms with Crippen molar-refractivity contribution < 1.29 is 13.6 Å². The van der Waals surface area contributed by atoms with Crippen LogP contribution in [0.25, 0.3) is 0 Å².